The zero-order chi connectivity index (χ0) is 12.0. The van der Waals surface area contributed by atoms with Gasteiger partial charge in [0, 0.05) is 17.5 Å². The van der Waals surface area contributed by atoms with Gasteiger partial charge >= 0.3 is 6.09 Å². The third kappa shape index (κ3) is 3.85. The molecule has 0 atom stereocenters. The molecular weight excluding hydrogens is 280 g/mol. The Bertz CT molecular complexity index is 397. The second-order valence-electron chi connectivity index (χ2n) is 2.76. The lowest BCUT2D eigenvalue weighted by Crippen LogP contribution is -2.14. The van der Waals surface area contributed by atoms with Crippen molar-refractivity contribution in [1.82, 2.24) is 0 Å². The van der Waals surface area contributed by atoms with Gasteiger partial charge in [-0.3, -0.25) is 15.4 Å². The molecule has 0 radical (unpaired) electrons. The number of benzene rings is 1. The van der Waals surface area contributed by atoms with Crippen molar-refractivity contribution in [2.45, 2.75) is 0 Å². The Morgan fingerprint density at radius 3 is 2.94 bits per heavy atom. The fourth-order valence-electron chi connectivity index (χ4n) is 0.982. The Morgan fingerprint density at radius 1 is 1.56 bits per heavy atom. The van der Waals surface area contributed by atoms with E-state index >= 15 is 0 Å². The topological polar surface area (TPSA) is 81.5 Å². The molecule has 0 saturated heterocycles. The number of hydrogen-bond donors (Lipinski definition) is 1. The molecule has 0 unspecified atom stereocenters. The van der Waals surface area contributed by atoms with Crippen LogP contribution in [0.25, 0.3) is 0 Å². The summed E-state index contributed by atoms with van der Waals surface area (Å²) in [5.74, 6) is 0. The SMILES string of the molecule is O=C(Nc1cccc([N+](=O)[O-])c1)OCCBr. The molecule has 0 aliphatic heterocycles. The summed E-state index contributed by atoms with van der Waals surface area (Å²) >= 11 is 3.10. The maximum atomic E-state index is 11.1. The molecule has 0 spiro atoms. The van der Waals surface area contributed by atoms with Crippen molar-refractivity contribution < 1.29 is 14.5 Å². The number of amides is 1. The highest BCUT2D eigenvalue weighted by molar-refractivity contribution is 9.09. The predicted molar refractivity (Wildman–Crippen MR) is 61.9 cm³/mol. The minimum Gasteiger partial charge on any atom is -0.448 e. The average molecular weight is 289 g/mol. The molecule has 0 aromatic heterocycles. The molecule has 0 heterocycles. The number of hydrogen-bond acceptors (Lipinski definition) is 4. The Morgan fingerprint density at radius 2 is 2.31 bits per heavy atom. The van der Waals surface area contributed by atoms with Crippen LogP contribution in [0.5, 0.6) is 0 Å². The van der Waals surface area contributed by atoms with Crippen LogP contribution >= 0.6 is 15.9 Å². The van der Waals surface area contributed by atoms with Crippen molar-refractivity contribution in [1.29, 1.82) is 0 Å². The molecule has 0 aliphatic carbocycles. The van der Waals surface area contributed by atoms with E-state index in [9.17, 15) is 14.9 Å². The van der Waals surface area contributed by atoms with Gasteiger partial charge in [-0.25, -0.2) is 4.79 Å². The van der Waals surface area contributed by atoms with E-state index in [4.69, 9.17) is 4.74 Å². The van der Waals surface area contributed by atoms with Gasteiger partial charge in [0.15, 0.2) is 0 Å². The van der Waals surface area contributed by atoms with E-state index in [2.05, 4.69) is 21.2 Å². The second-order valence-corrected chi connectivity index (χ2v) is 3.55. The molecule has 1 aromatic carbocycles. The van der Waals surface area contributed by atoms with E-state index in [-0.39, 0.29) is 12.3 Å². The van der Waals surface area contributed by atoms with Crippen LogP contribution in [-0.4, -0.2) is 23.0 Å². The van der Waals surface area contributed by atoms with E-state index < -0.39 is 11.0 Å². The van der Waals surface area contributed by atoms with Crippen molar-refractivity contribution >= 4 is 33.4 Å². The Hall–Kier alpha value is -1.63. The zero-order valence-electron chi connectivity index (χ0n) is 8.18. The van der Waals surface area contributed by atoms with E-state index in [0.717, 1.165) is 0 Å². The number of carbonyl (C=O) groups is 1. The van der Waals surface area contributed by atoms with Gasteiger partial charge in [0.1, 0.15) is 6.61 Å². The van der Waals surface area contributed by atoms with Crippen LogP contribution in [0.15, 0.2) is 24.3 Å². The van der Waals surface area contributed by atoms with Crippen molar-refractivity contribution in [2.24, 2.45) is 0 Å². The number of nitro groups is 1. The number of rotatable bonds is 4. The van der Waals surface area contributed by atoms with Crippen LogP contribution in [0, 0.1) is 10.1 Å². The van der Waals surface area contributed by atoms with E-state index in [1.807, 2.05) is 0 Å². The van der Waals surface area contributed by atoms with Gasteiger partial charge in [-0.05, 0) is 6.07 Å². The van der Waals surface area contributed by atoms with Gasteiger partial charge in [0.25, 0.3) is 5.69 Å². The second kappa shape index (κ2) is 6.06. The number of nitrogens with one attached hydrogen (secondary N) is 1. The van der Waals surface area contributed by atoms with Crippen LogP contribution in [0.3, 0.4) is 0 Å². The number of carbonyl (C=O) groups excluding carboxylic acids is 1. The normalized spacial score (nSPS) is 9.56. The summed E-state index contributed by atoms with van der Waals surface area (Å²) in [5.41, 5.74) is 0.243. The van der Waals surface area contributed by atoms with Crippen LogP contribution < -0.4 is 5.32 Å². The van der Waals surface area contributed by atoms with Gasteiger partial charge < -0.3 is 4.74 Å². The molecule has 7 heteroatoms. The van der Waals surface area contributed by atoms with Gasteiger partial charge in [0.05, 0.1) is 10.6 Å². The summed E-state index contributed by atoms with van der Waals surface area (Å²) in [7, 11) is 0. The van der Waals surface area contributed by atoms with Crippen molar-refractivity contribution in [3.63, 3.8) is 0 Å². The molecule has 0 aliphatic rings. The van der Waals surface area contributed by atoms with Gasteiger partial charge in [-0.2, -0.15) is 0 Å². The lowest BCUT2D eigenvalue weighted by molar-refractivity contribution is -0.384. The number of halogens is 1. The van der Waals surface area contributed by atoms with Crippen molar-refractivity contribution in [3.8, 4) is 0 Å². The summed E-state index contributed by atoms with van der Waals surface area (Å²) in [6, 6.07) is 5.63. The van der Waals surface area contributed by atoms with E-state index in [0.29, 0.717) is 11.0 Å². The smallest absolute Gasteiger partial charge is 0.411 e. The molecule has 6 nitrogen and oxygen atoms in total. The molecule has 0 bridgehead atoms. The molecule has 1 amide bonds. The fourth-order valence-corrected chi connectivity index (χ4v) is 1.14. The van der Waals surface area contributed by atoms with Crippen LogP contribution in [-0.2, 0) is 4.74 Å². The number of ether oxygens (including phenoxy) is 1. The van der Waals surface area contributed by atoms with E-state index in [1.165, 1.54) is 18.2 Å². The first-order valence-corrected chi connectivity index (χ1v) is 5.50. The monoisotopic (exact) mass is 288 g/mol. The summed E-state index contributed by atoms with van der Waals surface area (Å²) in [6.45, 7) is 0.237. The Labute approximate surface area is 99.9 Å². The zero-order valence-corrected chi connectivity index (χ0v) is 9.77. The molecule has 1 N–H and O–H groups in total. The summed E-state index contributed by atoms with van der Waals surface area (Å²) in [5, 5.41) is 13.4. The molecule has 86 valence electrons. The molecule has 1 rings (SSSR count). The standard InChI is InChI=1S/C9H9BrN2O4/c10-4-5-16-9(13)11-7-2-1-3-8(6-7)12(14)15/h1-3,6H,4-5H2,(H,11,13). The highest BCUT2D eigenvalue weighted by Crippen LogP contribution is 2.16. The maximum Gasteiger partial charge on any atom is 0.411 e. The summed E-state index contributed by atoms with van der Waals surface area (Å²) < 4.78 is 4.73. The largest absolute Gasteiger partial charge is 0.448 e. The highest BCUT2D eigenvalue weighted by Gasteiger charge is 2.08. The Kier molecular flexibility index (Phi) is 4.71. The summed E-state index contributed by atoms with van der Waals surface area (Å²) in [4.78, 5) is 21.1. The third-order valence-corrected chi connectivity index (χ3v) is 1.94. The molecule has 1 aromatic rings. The predicted octanol–water partition coefficient (Wildman–Crippen LogP) is 2.54. The number of alkyl halides is 1. The van der Waals surface area contributed by atoms with Gasteiger partial charge in [0.2, 0.25) is 0 Å². The van der Waals surface area contributed by atoms with Gasteiger partial charge in [-0.15, -0.1) is 0 Å². The highest BCUT2D eigenvalue weighted by atomic mass is 79.9. The van der Waals surface area contributed by atoms with Gasteiger partial charge in [-0.1, -0.05) is 22.0 Å². The number of nitro benzene ring substituents is 1. The maximum absolute atomic E-state index is 11.1. The lowest BCUT2D eigenvalue weighted by Gasteiger charge is -2.04. The van der Waals surface area contributed by atoms with Crippen LogP contribution in [0.4, 0.5) is 16.2 Å². The number of non-ortho nitro benzene ring substituents is 1. The first kappa shape index (κ1) is 12.4. The minimum atomic E-state index is -0.639. The van der Waals surface area contributed by atoms with Crippen LogP contribution in [0.2, 0.25) is 0 Å². The quantitative estimate of drug-likeness (QED) is 0.524. The number of anilines is 1. The molecule has 0 saturated carbocycles. The molecule has 0 fully saturated rings. The fraction of sp³-hybridized carbons (Fsp3) is 0.222. The number of nitrogens with zero attached hydrogens (tertiary/aromatic N) is 1. The molecular formula is C9H9BrN2O4. The van der Waals surface area contributed by atoms with E-state index in [1.54, 1.807) is 6.07 Å². The summed E-state index contributed by atoms with van der Waals surface area (Å²) in [6.07, 6.45) is -0.639. The first-order valence-electron chi connectivity index (χ1n) is 4.37. The Balaban J connectivity index is 2.63. The third-order valence-electron chi connectivity index (χ3n) is 1.61. The first-order chi connectivity index (χ1) is 7.63. The lowest BCUT2D eigenvalue weighted by atomic mass is 10.3. The molecule has 16 heavy (non-hydrogen) atoms. The van der Waals surface area contributed by atoms with Crippen LogP contribution in [0.1, 0.15) is 0 Å². The minimum absolute atomic E-state index is 0.0849. The van der Waals surface area contributed by atoms with Crippen molar-refractivity contribution in [3.05, 3.63) is 34.4 Å². The average Bonchev–Trinajstić information content (AvgIpc) is 2.26. The van der Waals surface area contributed by atoms with Crippen molar-refractivity contribution in [2.75, 3.05) is 17.3 Å².